The first-order valence-electron chi connectivity index (χ1n) is 6.43. The van der Waals surface area contributed by atoms with Gasteiger partial charge >= 0.3 is 11.9 Å². The second-order valence-electron chi connectivity index (χ2n) is 4.46. The summed E-state index contributed by atoms with van der Waals surface area (Å²) in [6.07, 6.45) is 5.06. The molecule has 4 nitrogen and oxygen atoms in total. The minimum atomic E-state index is -1.01. The van der Waals surface area contributed by atoms with Crippen molar-refractivity contribution in [3.05, 3.63) is 46.6 Å². The van der Waals surface area contributed by atoms with Gasteiger partial charge in [-0.2, -0.15) is 0 Å². The Hall–Kier alpha value is -2.98. The van der Waals surface area contributed by atoms with Gasteiger partial charge in [0, 0.05) is 23.3 Å². The Kier molecular flexibility index (Phi) is 8.52. The molecule has 0 aromatic rings. The van der Waals surface area contributed by atoms with Crippen molar-refractivity contribution in [3.63, 3.8) is 0 Å². The van der Waals surface area contributed by atoms with Gasteiger partial charge in [-0.05, 0) is 50.7 Å². The number of carbonyl (C=O) groups is 2. The predicted molar refractivity (Wildman–Crippen MR) is 85.9 cm³/mol. The summed E-state index contributed by atoms with van der Waals surface area (Å²) in [7, 11) is 0. The SMILES string of the molecule is CC(C#CC#CC(C)=C(C)C=CC(=O)O)=C(C)C=CC(=O)O. The zero-order valence-corrected chi connectivity index (χ0v) is 13.0. The Bertz CT molecular complexity index is 631. The van der Waals surface area contributed by atoms with Gasteiger partial charge in [0.05, 0.1) is 0 Å². The van der Waals surface area contributed by atoms with Gasteiger partial charge in [-0.15, -0.1) is 0 Å². The van der Waals surface area contributed by atoms with Gasteiger partial charge < -0.3 is 10.2 Å². The Labute approximate surface area is 130 Å². The summed E-state index contributed by atoms with van der Waals surface area (Å²) in [6.45, 7) is 7.09. The monoisotopic (exact) mass is 298 g/mol. The molecule has 2 N–H and O–H groups in total. The molecule has 0 amide bonds. The molecular weight excluding hydrogens is 280 g/mol. The van der Waals surface area contributed by atoms with Crippen LogP contribution in [0.2, 0.25) is 0 Å². The van der Waals surface area contributed by atoms with Crippen molar-refractivity contribution in [2.24, 2.45) is 0 Å². The lowest BCUT2D eigenvalue weighted by Gasteiger charge is -1.93. The smallest absolute Gasteiger partial charge is 0.328 e. The van der Waals surface area contributed by atoms with Crippen LogP contribution in [-0.4, -0.2) is 22.2 Å². The summed E-state index contributed by atoms with van der Waals surface area (Å²) in [5.74, 6) is 9.00. The number of carboxylic acid groups (broad SMARTS) is 2. The Morgan fingerprint density at radius 1 is 0.682 bits per heavy atom. The van der Waals surface area contributed by atoms with E-state index in [2.05, 4.69) is 23.7 Å². The van der Waals surface area contributed by atoms with Gasteiger partial charge in [-0.25, -0.2) is 9.59 Å². The number of aliphatic carboxylic acids is 2. The van der Waals surface area contributed by atoms with Gasteiger partial charge in [-0.3, -0.25) is 0 Å². The third-order valence-corrected chi connectivity index (χ3v) is 2.70. The molecule has 0 aromatic carbocycles. The quantitative estimate of drug-likeness (QED) is 0.475. The van der Waals surface area contributed by atoms with E-state index in [0.717, 1.165) is 34.4 Å². The maximum absolute atomic E-state index is 10.4. The molecule has 0 aliphatic heterocycles. The summed E-state index contributed by atoms with van der Waals surface area (Å²) in [5, 5.41) is 17.1. The van der Waals surface area contributed by atoms with E-state index in [4.69, 9.17) is 10.2 Å². The summed E-state index contributed by atoms with van der Waals surface area (Å²) in [6, 6.07) is 0. The summed E-state index contributed by atoms with van der Waals surface area (Å²) in [4.78, 5) is 20.8. The van der Waals surface area contributed by atoms with E-state index in [0.29, 0.717) is 0 Å². The third kappa shape index (κ3) is 9.01. The molecule has 0 fully saturated rings. The lowest BCUT2D eigenvalue weighted by molar-refractivity contribution is -0.132. The van der Waals surface area contributed by atoms with E-state index in [-0.39, 0.29) is 0 Å². The highest BCUT2D eigenvalue weighted by Gasteiger charge is 1.92. The van der Waals surface area contributed by atoms with Gasteiger partial charge in [0.1, 0.15) is 0 Å². The molecule has 0 rings (SSSR count). The number of allylic oxidation sites excluding steroid dienone is 6. The zero-order chi connectivity index (χ0) is 17.1. The van der Waals surface area contributed by atoms with Crippen LogP contribution in [0.4, 0.5) is 0 Å². The topological polar surface area (TPSA) is 74.6 Å². The van der Waals surface area contributed by atoms with Gasteiger partial charge in [0.15, 0.2) is 0 Å². The Morgan fingerprint density at radius 2 is 1.00 bits per heavy atom. The van der Waals surface area contributed by atoms with E-state index in [1.165, 1.54) is 12.2 Å². The first kappa shape index (κ1) is 19.0. The molecule has 0 saturated heterocycles. The number of hydrogen-bond acceptors (Lipinski definition) is 2. The van der Waals surface area contributed by atoms with Crippen LogP contribution in [0.5, 0.6) is 0 Å². The molecule has 4 heteroatoms. The maximum atomic E-state index is 10.4. The molecule has 0 aromatic heterocycles. The molecule has 0 aliphatic rings. The molecule has 0 radical (unpaired) electrons. The van der Waals surface area contributed by atoms with E-state index < -0.39 is 11.9 Å². The summed E-state index contributed by atoms with van der Waals surface area (Å²) in [5.41, 5.74) is 2.97. The molecule has 0 atom stereocenters. The van der Waals surface area contributed by atoms with Crippen molar-refractivity contribution in [2.45, 2.75) is 27.7 Å². The summed E-state index contributed by atoms with van der Waals surface area (Å²) < 4.78 is 0. The minimum absolute atomic E-state index is 0.732. The van der Waals surface area contributed by atoms with Crippen molar-refractivity contribution in [1.82, 2.24) is 0 Å². The molecule has 114 valence electrons. The second kappa shape index (κ2) is 9.85. The molecule has 0 spiro atoms. The lowest BCUT2D eigenvalue weighted by atomic mass is 10.1. The van der Waals surface area contributed by atoms with Crippen molar-refractivity contribution in [1.29, 1.82) is 0 Å². The van der Waals surface area contributed by atoms with Crippen LogP contribution in [0.25, 0.3) is 0 Å². The molecule has 22 heavy (non-hydrogen) atoms. The normalized spacial score (nSPS) is 12.7. The fraction of sp³-hybridized carbons (Fsp3) is 0.222. The van der Waals surface area contributed by atoms with Crippen LogP contribution in [0.1, 0.15) is 27.7 Å². The first-order chi connectivity index (χ1) is 10.2. The molecule has 0 unspecified atom stereocenters. The van der Waals surface area contributed by atoms with E-state index >= 15 is 0 Å². The van der Waals surface area contributed by atoms with Gasteiger partial charge in [-0.1, -0.05) is 24.0 Å². The standard InChI is InChI=1S/C18H18O4/c1-13(15(3)9-11-17(19)20)7-5-6-8-14(2)16(4)10-12-18(21)22/h9-12H,1-4H3,(H,19,20)(H,21,22). The first-order valence-corrected chi connectivity index (χ1v) is 6.43. The third-order valence-electron chi connectivity index (χ3n) is 2.70. The average molecular weight is 298 g/mol. The van der Waals surface area contributed by atoms with E-state index in [1.54, 1.807) is 27.7 Å². The summed E-state index contributed by atoms with van der Waals surface area (Å²) >= 11 is 0. The second-order valence-corrected chi connectivity index (χ2v) is 4.46. The highest BCUT2D eigenvalue weighted by molar-refractivity contribution is 5.80. The number of rotatable bonds is 4. The molecule has 0 saturated carbocycles. The molecule has 0 bridgehead atoms. The van der Waals surface area contributed by atoms with Crippen LogP contribution in [0.3, 0.4) is 0 Å². The van der Waals surface area contributed by atoms with Crippen LogP contribution in [0.15, 0.2) is 46.6 Å². The number of hydrogen-bond donors (Lipinski definition) is 2. The van der Waals surface area contributed by atoms with Gasteiger partial charge in [0.25, 0.3) is 0 Å². The highest BCUT2D eigenvalue weighted by atomic mass is 16.4. The van der Waals surface area contributed by atoms with Crippen molar-refractivity contribution < 1.29 is 19.8 Å². The fourth-order valence-corrected chi connectivity index (χ4v) is 1.09. The highest BCUT2D eigenvalue weighted by Crippen LogP contribution is 2.04. The molecular formula is C18H18O4. The Balaban J connectivity index is 5.06. The predicted octanol–water partition coefficient (Wildman–Crippen LogP) is 2.95. The van der Waals surface area contributed by atoms with Crippen LogP contribution in [0, 0.1) is 23.7 Å². The Morgan fingerprint density at radius 3 is 1.27 bits per heavy atom. The molecule has 0 heterocycles. The van der Waals surface area contributed by atoms with Crippen LogP contribution in [-0.2, 0) is 9.59 Å². The van der Waals surface area contributed by atoms with Crippen LogP contribution >= 0.6 is 0 Å². The van der Waals surface area contributed by atoms with Crippen LogP contribution < -0.4 is 0 Å². The average Bonchev–Trinajstić information content (AvgIpc) is 2.45. The largest absolute Gasteiger partial charge is 0.478 e. The van der Waals surface area contributed by atoms with Gasteiger partial charge in [0.2, 0.25) is 0 Å². The number of carboxylic acids is 2. The minimum Gasteiger partial charge on any atom is -0.478 e. The van der Waals surface area contributed by atoms with Crippen molar-refractivity contribution in [2.75, 3.05) is 0 Å². The maximum Gasteiger partial charge on any atom is 0.328 e. The van der Waals surface area contributed by atoms with E-state index in [1.807, 2.05) is 0 Å². The van der Waals surface area contributed by atoms with E-state index in [9.17, 15) is 9.59 Å². The fourth-order valence-electron chi connectivity index (χ4n) is 1.09. The zero-order valence-electron chi connectivity index (χ0n) is 13.0. The lowest BCUT2D eigenvalue weighted by Crippen LogP contribution is -1.87. The van der Waals surface area contributed by atoms with Crippen molar-refractivity contribution >= 4 is 11.9 Å². The molecule has 0 aliphatic carbocycles. The van der Waals surface area contributed by atoms with Crippen molar-refractivity contribution in [3.8, 4) is 23.7 Å².